The molecule has 0 saturated heterocycles. The Labute approximate surface area is 134 Å². The maximum absolute atomic E-state index is 5.68. The fraction of sp³-hybridized carbons (Fsp3) is 0.412. The van der Waals surface area contributed by atoms with Crippen LogP contribution in [0.25, 0.3) is 0 Å². The van der Waals surface area contributed by atoms with Gasteiger partial charge in [-0.25, -0.2) is 0 Å². The number of aryl methyl sites for hydroxylation is 1. The van der Waals surface area contributed by atoms with Crippen LogP contribution in [0.5, 0.6) is 5.75 Å². The van der Waals surface area contributed by atoms with Gasteiger partial charge in [-0.1, -0.05) is 22.9 Å². The summed E-state index contributed by atoms with van der Waals surface area (Å²) in [7, 11) is 1.73. The lowest BCUT2D eigenvalue weighted by Crippen LogP contribution is -2.24. The maximum atomic E-state index is 5.68. The van der Waals surface area contributed by atoms with E-state index < -0.39 is 0 Å². The summed E-state index contributed by atoms with van der Waals surface area (Å²) in [6, 6.07) is 4.17. The Morgan fingerprint density at radius 2 is 2.14 bits per heavy atom. The van der Waals surface area contributed by atoms with Gasteiger partial charge in [-0.3, -0.25) is 0 Å². The summed E-state index contributed by atoms with van der Waals surface area (Å²) in [5.41, 5.74) is 4.59. The molecule has 0 spiro atoms. The Balaban J connectivity index is 2.58. The highest BCUT2D eigenvalue weighted by Crippen LogP contribution is 2.39. The molecule has 0 aliphatic rings. The van der Waals surface area contributed by atoms with Gasteiger partial charge in [-0.15, -0.1) is 0 Å². The molecule has 1 N–H and O–H groups in total. The molecular formula is C17H22BrNO2. The van der Waals surface area contributed by atoms with E-state index >= 15 is 0 Å². The third-order valence-corrected chi connectivity index (χ3v) is 4.50. The minimum atomic E-state index is 0.0647. The van der Waals surface area contributed by atoms with Crippen molar-refractivity contribution in [1.82, 2.24) is 5.32 Å². The minimum Gasteiger partial charge on any atom is -0.496 e. The molecule has 1 unspecified atom stereocenters. The van der Waals surface area contributed by atoms with Crippen LogP contribution in [0.3, 0.4) is 0 Å². The standard InChI is InChI=1S/C17H22BrNO2/c1-5-7-19-16(13-6-8-21-10-13)15-12(3)14(18)9-11(2)17(15)20-4/h6,8-10,16,19H,5,7H2,1-4H3. The zero-order chi connectivity index (χ0) is 15.4. The van der Waals surface area contributed by atoms with Crippen LogP contribution in [-0.4, -0.2) is 13.7 Å². The van der Waals surface area contributed by atoms with Crippen LogP contribution in [0.15, 0.2) is 33.5 Å². The summed E-state index contributed by atoms with van der Waals surface area (Å²) >= 11 is 3.65. The first-order valence-corrected chi connectivity index (χ1v) is 7.98. The molecule has 0 aliphatic heterocycles. The van der Waals surface area contributed by atoms with Crippen molar-refractivity contribution in [3.63, 3.8) is 0 Å². The van der Waals surface area contributed by atoms with Gasteiger partial charge < -0.3 is 14.5 Å². The van der Waals surface area contributed by atoms with Gasteiger partial charge in [0.2, 0.25) is 0 Å². The number of hydrogen-bond donors (Lipinski definition) is 1. The van der Waals surface area contributed by atoms with Gasteiger partial charge in [-0.2, -0.15) is 0 Å². The predicted molar refractivity (Wildman–Crippen MR) is 89.0 cm³/mol. The van der Waals surface area contributed by atoms with Crippen molar-refractivity contribution < 1.29 is 9.15 Å². The summed E-state index contributed by atoms with van der Waals surface area (Å²) < 4.78 is 12.1. The molecule has 2 aromatic rings. The van der Waals surface area contributed by atoms with Gasteiger partial charge in [0.1, 0.15) is 5.75 Å². The molecule has 1 heterocycles. The molecular weight excluding hydrogens is 330 g/mol. The first kappa shape index (κ1) is 16.1. The Kier molecular flexibility index (Phi) is 5.48. The fourth-order valence-electron chi connectivity index (χ4n) is 2.61. The number of nitrogens with one attached hydrogen (secondary N) is 1. The van der Waals surface area contributed by atoms with E-state index in [1.807, 2.05) is 6.07 Å². The molecule has 0 radical (unpaired) electrons. The van der Waals surface area contributed by atoms with Crippen LogP contribution in [0.2, 0.25) is 0 Å². The molecule has 21 heavy (non-hydrogen) atoms. The second kappa shape index (κ2) is 7.14. The lowest BCUT2D eigenvalue weighted by molar-refractivity contribution is 0.399. The van der Waals surface area contributed by atoms with E-state index in [1.165, 1.54) is 11.1 Å². The number of benzene rings is 1. The predicted octanol–water partition coefficient (Wildman–Crippen LogP) is 4.76. The van der Waals surface area contributed by atoms with Gasteiger partial charge >= 0.3 is 0 Å². The molecule has 3 nitrogen and oxygen atoms in total. The number of furan rings is 1. The van der Waals surface area contributed by atoms with Crippen LogP contribution < -0.4 is 10.1 Å². The van der Waals surface area contributed by atoms with E-state index in [1.54, 1.807) is 19.6 Å². The first-order chi connectivity index (χ1) is 10.1. The summed E-state index contributed by atoms with van der Waals surface area (Å²) in [4.78, 5) is 0. The largest absolute Gasteiger partial charge is 0.496 e. The summed E-state index contributed by atoms with van der Waals surface area (Å²) in [5, 5.41) is 3.60. The smallest absolute Gasteiger partial charge is 0.127 e. The SMILES string of the molecule is CCCNC(c1ccoc1)c1c(C)c(Br)cc(C)c1OC. The van der Waals surface area contributed by atoms with Gasteiger partial charge in [0.25, 0.3) is 0 Å². The van der Waals surface area contributed by atoms with E-state index in [2.05, 4.69) is 48.1 Å². The normalized spacial score (nSPS) is 12.4. The van der Waals surface area contributed by atoms with E-state index in [9.17, 15) is 0 Å². The molecule has 0 fully saturated rings. The summed E-state index contributed by atoms with van der Waals surface area (Å²) in [5.74, 6) is 0.936. The van der Waals surface area contributed by atoms with Crippen LogP contribution >= 0.6 is 15.9 Å². The molecule has 114 valence electrons. The molecule has 1 atom stereocenters. The second-order valence-corrected chi connectivity index (χ2v) is 6.05. The molecule has 2 rings (SSSR count). The zero-order valence-corrected chi connectivity index (χ0v) is 14.6. The summed E-state index contributed by atoms with van der Waals surface area (Å²) in [6.07, 6.45) is 4.58. The van der Waals surface area contributed by atoms with E-state index in [0.717, 1.165) is 34.3 Å². The van der Waals surface area contributed by atoms with Crippen LogP contribution in [0.4, 0.5) is 0 Å². The number of halogens is 1. The fourth-order valence-corrected chi connectivity index (χ4v) is 3.17. The first-order valence-electron chi connectivity index (χ1n) is 7.19. The summed E-state index contributed by atoms with van der Waals surface area (Å²) in [6.45, 7) is 7.28. The van der Waals surface area contributed by atoms with Crippen LogP contribution in [-0.2, 0) is 0 Å². The van der Waals surface area contributed by atoms with Crippen molar-refractivity contribution in [3.8, 4) is 5.75 Å². The lowest BCUT2D eigenvalue weighted by atomic mass is 9.93. The topological polar surface area (TPSA) is 34.4 Å². The average molecular weight is 352 g/mol. The van der Waals surface area contributed by atoms with Gasteiger partial charge in [0.05, 0.1) is 25.7 Å². The number of hydrogen-bond acceptors (Lipinski definition) is 3. The third-order valence-electron chi connectivity index (χ3n) is 3.68. The maximum Gasteiger partial charge on any atom is 0.127 e. The highest BCUT2D eigenvalue weighted by Gasteiger charge is 2.23. The Bertz CT molecular complexity index is 593. The van der Waals surface area contributed by atoms with Crippen LogP contribution in [0.1, 0.15) is 41.6 Å². The molecule has 0 aliphatic carbocycles. The average Bonchev–Trinajstić information content (AvgIpc) is 2.98. The van der Waals surface area contributed by atoms with E-state index in [0.29, 0.717) is 0 Å². The highest BCUT2D eigenvalue weighted by atomic mass is 79.9. The van der Waals surface area contributed by atoms with Crippen molar-refractivity contribution in [2.45, 2.75) is 33.2 Å². The Morgan fingerprint density at radius 1 is 1.38 bits per heavy atom. The number of ether oxygens (including phenoxy) is 1. The van der Waals surface area contributed by atoms with Crippen molar-refractivity contribution in [3.05, 3.63) is 51.4 Å². The van der Waals surface area contributed by atoms with Gasteiger partial charge in [0.15, 0.2) is 0 Å². The quantitative estimate of drug-likeness (QED) is 0.814. The van der Waals surface area contributed by atoms with Crippen LogP contribution in [0, 0.1) is 13.8 Å². The molecule has 0 saturated carbocycles. The lowest BCUT2D eigenvalue weighted by Gasteiger charge is -2.24. The molecule has 1 aromatic heterocycles. The number of methoxy groups -OCH3 is 1. The second-order valence-electron chi connectivity index (χ2n) is 5.19. The van der Waals surface area contributed by atoms with Crippen molar-refractivity contribution in [2.24, 2.45) is 0 Å². The zero-order valence-electron chi connectivity index (χ0n) is 13.0. The van der Waals surface area contributed by atoms with Gasteiger partial charge in [-0.05, 0) is 50.1 Å². The van der Waals surface area contributed by atoms with E-state index in [-0.39, 0.29) is 6.04 Å². The number of rotatable bonds is 6. The van der Waals surface area contributed by atoms with E-state index in [4.69, 9.17) is 9.15 Å². The Morgan fingerprint density at radius 3 is 2.71 bits per heavy atom. The van der Waals surface area contributed by atoms with Crippen molar-refractivity contribution in [2.75, 3.05) is 13.7 Å². The molecule has 0 amide bonds. The molecule has 4 heteroatoms. The van der Waals surface area contributed by atoms with Gasteiger partial charge in [0, 0.05) is 15.6 Å². The molecule has 1 aromatic carbocycles. The third kappa shape index (κ3) is 3.33. The monoisotopic (exact) mass is 351 g/mol. The Hall–Kier alpha value is -1.26. The highest BCUT2D eigenvalue weighted by molar-refractivity contribution is 9.10. The van der Waals surface area contributed by atoms with Crippen molar-refractivity contribution >= 4 is 15.9 Å². The minimum absolute atomic E-state index is 0.0647. The van der Waals surface area contributed by atoms with Crippen molar-refractivity contribution in [1.29, 1.82) is 0 Å². The molecule has 0 bridgehead atoms.